The third-order valence-corrected chi connectivity index (χ3v) is 6.36. The first kappa shape index (κ1) is 30.4. The molecule has 0 aliphatic heterocycles. The predicted octanol–water partition coefficient (Wildman–Crippen LogP) is 6.08. The van der Waals surface area contributed by atoms with Crippen molar-refractivity contribution in [3.63, 3.8) is 0 Å². The van der Waals surface area contributed by atoms with E-state index in [0.29, 0.717) is 48.7 Å². The van der Waals surface area contributed by atoms with E-state index >= 15 is 0 Å². The fraction of sp³-hybridized carbons (Fsp3) is 0.364. The van der Waals surface area contributed by atoms with Crippen molar-refractivity contribution in [2.45, 2.75) is 53.0 Å². The first-order valence-corrected chi connectivity index (χ1v) is 13.7. The summed E-state index contributed by atoms with van der Waals surface area (Å²) in [5.41, 5.74) is 2.17. The van der Waals surface area contributed by atoms with Crippen LogP contribution in [0.2, 0.25) is 0 Å². The number of carboxylic acid groups (broad SMARTS) is 1. The van der Waals surface area contributed by atoms with E-state index in [1.807, 2.05) is 35.2 Å². The minimum atomic E-state index is -1.02. The molecule has 0 radical (unpaired) electrons. The van der Waals surface area contributed by atoms with Gasteiger partial charge in [-0.3, -0.25) is 9.59 Å². The van der Waals surface area contributed by atoms with E-state index in [9.17, 15) is 19.5 Å². The monoisotopic (exact) mass is 544 g/mol. The number of benzene rings is 3. The van der Waals surface area contributed by atoms with Gasteiger partial charge in [0.25, 0.3) is 0 Å². The summed E-state index contributed by atoms with van der Waals surface area (Å²) >= 11 is 0. The van der Waals surface area contributed by atoms with Crippen molar-refractivity contribution in [1.29, 1.82) is 0 Å². The predicted molar refractivity (Wildman–Crippen MR) is 158 cm³/mol. The van der Waals surface area contributed by atoms with Crippen molar-refractivity contribution in [3.8, 4) is 5.75 Å². The van der Waals surface area contributed by atoms with Gasteiger partial charge in [-0.1, -0.05) is 82.3 Å². The quantitative estimate of drug-likeness (QED) is 0.239. The highest BCUT2D eigenvalue weighted by Crippen LogP contribution is 2.22. The minimum absolute atomic E-state index is 0.0675. The maximum absolute atomic E-state index is 13.1. The topological polar surface area (TPSA) is 95.9 Å². The highest BCUT2D eigenvalue weighted by atomic mass is 16.5. The Balaban J connectivity index is 1.61. The third kappa shape index (κ3) is 9.26. The fourth-order valence-corrected chi connectivity index (χ4v) is 4.37. The first-order valence-electron chi connectivity index (χ1n) is 13.7. The van der Waals surface area contributed by atoms with Gasteiger partial charge in [0, 0.05) is 36.2 Å². The maximum Gasteiger partial charge on any atom is 0.326 e. The summed E-state index contributed by atoms with van der Waals surface area (Å²) < 4.78 is 5.89. The molecule has 0 aromatic heterocycles. The molecule has 0 fully saturated rings. The van der Waals surface area contributed by atoms with E-state index in [4.69, 9.17) is 4.74 Å². The van der Waals surface area contributed by atoms with E-state index in [-0.39, 0.29) is 23.5 Å². The summed E-state index contributed by atoms with van der Waals surface area (Å²) in [6.07, 6.45) is 1.59. The van der Waals surface area contributed by atoms with Gasteiger partial charge in [-0.25, -0.2) is 4.79 Å². The van der Waals surface area contributed by atoms with E-state index < -0.39 is 12.0 Å². The standard InChI is InChI=1S/C33H40N2O5/c1-5-19-35(30(36)23-33(2,3)4)20-21-40-26-17-15-24(16-18-26)22-29(32(38)39)34-28-14-10-9-13-27(28)31(37)25-11-7-6-8-12-25/h6-18,29,34H,5,19-23H2,1-4H3,(H,38,39)/t29-/m0/s1. The molecule has 0 heterocycles. The number of carbonyl (C=O) groups excluding carboxylic acids is 2. The lowest BCUT2D eigenvalue weighted by molar-refractivity contribution is -0.138. The molecule has 0 aliphatic carbocycles. The zero-order valence-electron chi connectivity index (χ0n) is 23.9. The van der Waals surface area contributed by atoms with Gasteiger partial charge in [0.1, 0.15) is 18.4 Å². The largest absolute Gasteiger partial charge is 0.492 e. The van der Waals surface area contributed by atoms with Crippen molar-refractivity contribution in [1.82, 2.24) is 4.90 Å². The molecule has 0 aliphatic rings. The van der Waals surface area contributed by atoms with Crippen LogP contribution in [0.25, 0.3) is 0 Å². The van der Waals surface area contributed by atoms with Crippen LogP contribution in [0.5, 0.6) is 5.75 Å². The number of ether oxygens (including phenoxy) is 1. The molecule has 0 unspecified atom stereocenters. The van der Waals surface area contributed by atoms with Gasteiger partial charge in [-0.15, -0.1) is 0 Å². The molecule has 0 spiro atoms. The first-order chi connectivity index (χ1) is 19.1. The second-order valence-electron chi connectivity index (χ2n) is 11.1. The average Bonchev–Trinajstić information content (AvgIpc) is 2.92. The number of carboxylic acids is 1. The van der Waals surface area contributed by atoms with E-state index in [2.05, 4.69) is 33.0 Å². The van der Waals surface area contributed by atoms with Gasteiger partial charge < -0.3 is 20.1 Å². The van der Waals surface area contributed by atoms with Crippen molar-refractivity contribution in [2.24, 2.45) is 5.41 Å². The van der Waals surface area contributed by atoms with Crippen molar-refractivity contribution in [3.05, 3.63) is 95.6 Å². The molecule has 3 aromatic carbocycles. The summed E-state index contributed by atoms with van der Waals surface area (Å²) in [6, 6.07) is 22.2. The molecular weight excluding hydrogens is 504 g/mol. The maximum atomic E-state index is 13.1. The number of amides is 1. The molecule has 7 nitrogen and oxygen atoms in total. The van der Waals surface area contributed by atoms with Crippen LogP contribution >= 0.6 is 0 Å². The normalized spacial score (nSPS) is 11.9. The number of hydrogen-bond acceptors (Lipinski definition) is 5. The second kappa shape index (κ2) is 14.3. The highest BCUT2D eigenvalue weighted by Gasteiger charge is 2.22. The fourth-order valence-electron chi connectivity index (χ4n) is 4.37. The molecule has 0 saturated heterocycles. The van der Waals surface area contributed by atoms with Gasteiger partial charge in [-0.2, -0.15) is 0 Å². The smallest absolute Gasteiger partial charge is 0.326 e. The Morgan fingerprint density at radius 2 is 1.55 bits per heavy atom. The van der Waals surface area contributed by atoms with Gasteiger partial charge >= 0.3 is 5.97 Å². The van der Waals surface area contributed by atoms with Crippen LogP contribution in [0.15, 0.2) is 78.9 Å². The van der Waals surface area contributed by atoms with Crippen LogP contribution in [0, 0.1) is 5.41 Å². The molecule has 0 bridgehead atoms. The molecule has 212 valence electrons. The molecular formula is C33H40N2O5. The van der Waals surface area contributed by atoms with Crippen LogP contribution in [-0.2, 0) is 16.0 Å². The zero-order valence-corrected chi connectivity index (χ0v) is 23.9. The van der Waals surface area contributed by atoms with Crippen LogP contribution in [0.3, 0.4) is 0 Å². The Hall–Kier alpha value is -4.13. The summed E-state index contributed by atoms with van der Waals surface area (Å²) in [4.78, 5) is 39.7. The van der Waals surface area contributed by atoms with Crippen molar-refractivity contribution < 1.29 is 24.2 Å². The number of rotatable bonds is 14. The molecule has 1 amide bonds. The molecule has 3 rings (SSSR count). The van der Waals surface area contributed by atoms with Crippen LogP contribution in [-0.4, -0.2) is 53.4 Å². The highest BCUT2D eigenvalue weighted by molar-refractivity contribution is 6.12. The Kier molecular flexibility index (Phi) is 10.9. The van der Waals surface area contributed by atoms with Gasteiger partial charge in [0.2, 0.25) is 5.91 Å². The Labute approximate surface area is 237 Å². The number of hydrogen-bond donors (Lipinski definition) is 2. The Bertz CT molecular complexity index is 1270. The summed E-state index contributed by atoms with van der Waals surface area (Å²) in [7, 11) is 0. The Morgan fingerprint density at radius 3 is 2.17 bits per heavy atom. The zero-order chi connectivity index (χ0) is 29.1. The molecule has 40 heavy (non-hydrogen) atoms. The number of nitrogens with zero attached hydrogens (tertiary/aromatic N) is 1. The lowest BCUT2D eigenvalue weighted by atomic mass is 9.91. The number of aliphatic carboxylic acids is 1. The molecule has 0 saturated carbocycles. The van der Waals surface area contributed by atoms with E-state index in [0.717, 1.165) is 12.0 Å². The van der Waals surface area contributed by atoms with Crippen molar-refractivity contribution in [2.75, 3.05) is 25.0 Å². The summed E-state index contributed by atoms with van der Waals surface area (Å²) in [5, 5.41) is 13.0. The molecule has 2 N–H and O–H groups in total. The lowest BCUT2D eigenvalue weighted by Gasteiger charge is -2.26. The Morgan fingerprint density at radius 1 is 0.900 bits per heavy atom. The lowest BCUT2D eigenvalue weighted by Crippen LogP contribution is -2.37. The third-order valence-electron chi connectivity index (χ3n) is 6.36. The minimum Gasteiger partial charge on any atom is -0.492 e. The molecule has 1 atom stereocenters. The van der Waals surface area contributed by atoms with E-state index in [1.54, 1.807) is 48.5 Å². The number of anilines is 1. The summed E-state index contributed by atoms with van der Waals surface area (Å²) in [6.45, 7) is 9.80. The number of carbonyl (C=O) groups is 3. The van der Waals surface area contributed by atoms with Crippen LogP contribution in [0.4, 0.5) is 5.69 Å². The summed E-state index contributed by atoms with van der Waals surface area (Å²) in [5.74, 6) is -0.403. The van der Waals surface area contributed by atoms with Gasteiger partial charge in [-0.05, 0) is 41.7 Å². The van der Waals surface area contributed by atoms with Gasteiger partial charge in [0.05, 0.1) is 6.54 Å². The SMILES string of the molecule is CCCN(CCOc1ccc(C[C@H](Nc2ccccc2C(=O)c2ccccc2)C(=O)O)cc1)C(=O)CC(C)(C)C. The number of para-hydroxylation sites is 1. The van der Waals surface area contributed by atoms with Crippen LogP contribution in [0.1, 0.15) is 62.0 Å². The molecule has 3 aromatic rings. The van der Waals surface area contributed by atoms with Gasteiger partial charge in [0.15, 0.2) is 5.78 Å². The number of nitrogens with one attached hydrogen (secondary N) is 1. The number of ketones is 1. The second-order valence-corrected chi connectivity index (χ2v) is 11.1. The van der Waals surface area contributed by atoms with E-state index in [1.165, 1.54) is 0 Å². The van der Waals surface area contributed by atoms with Crippen molar-refractivity contribution >= 4 is 23.3 Å². The van der Waals surface area contributed by atoms with Crippen LogP contribution < -0.4 is 10.1 Å². The molecule has 7 heteroatoms. The average molecular weight is 545 g/mol.